The number of nitrogens with two attached hydrogens (primary N) is 1. The highest BCUT2D eigenvalue weighted by Gasteiger charge is 2.21. The molecule has 0 bridgehead atoms. The van der Waals surface area contributed by atoms with Crippen molar-refractivity contribution in [3.05, 3.63) is 0 Å². The summed E-state index contributed by atoms with van der Waals surface area (Å²) in [6.45, 7) is 7.77. The van der Waals surface area contributed by atoms with Gasteiger partial charge in [0.05, 0.1) is 12.8 Å². The minimum Gasteiger partial charge on any atom is -0.382 e. The lowest BCUT2D eigenvalue weighted by molar-refractivity contribution is 0.145. The van der Waals surface area contributed by atoms with Crippen LogP contribution in [0, 0.1) is 0 Å². The van der Waals surface area contributed by atoms with Crippen molar-refractivity contribution in [2.24, 2.45) is 10.7 Å². The van der Waals surface area contributed by atoms with E-state index in [1.165, 1.54) is 0 Å². The summed E-state index contributed by atoms with van der Waals surface area (Å²) in [5.41, 5.74) is 5.02. The standard InChI is InChI=1S/C11H26N4O3S.HI/c1-5-18-8-6-7-13-10(12)14-9-11(2,3)15-19(4,16)17;/h15H,5-9H2,1-4H3,(H3,12,13,14);1H. The van der Waals surface area contributed by atoms with Gasteiger partial charge in [-0.15, -0.1) is 24.0 Å². The van der Waals surface area contributed by atoms with Crippen LogP contribution < -0.4 is 15.8 Å². The number of nitrogens with zero attached hydrogens (tertiary/aromatic N) is 1. The van der Waals surface area contributed by atoms with Crippen LogP contribution in [0.4, 0.5) is 0 Å². The molecule has 0 saturated heterocycles. The van der Waals surface area contributed by atoms with E-state index >= 15 is 0 Å². The quantitative estimate of drug-likeness (QED) is 0.214. The molecule has 0 aromatic rings. The van der Waals surface area contributed by atoms with Crippen LogP contribution in [0.25, 0.3) is 0 Å². The zero-order valence-corrected chi connectivity index (χ0v) is 15.7. The first kappa shape index (κ1) is 22.2. The van der Waals surface area contributed by atoms with Gasteiger partial charge in [-0.05, 0) is 27.2 Å². The molecule has 0 aromatic heterocycles. The van der Waals surface area contributed by atoms with Gasteiger partial charge in [-0.1, -0.05) is 0 Å². The zero-order chi connectivity index (χ0) is 14.9. The van der Waals surface area contributed by atoms with Gasteiger partial charge >= 0.3 is 0 Å². The van der Waals surface area contributed by atoms with Gasteiger partial charge in [0.15, 0.2) is 5.96 Å². The van der Waals surface area contributed by atoms with Crippen LogP contribution in [0.5, 0.6) is 0 Å². The Kier molecular flexibility index (Phi) is 11.7. The fourth-order valence-corrected chi connectivity index (χ4v) is 2.48. The Morgan fingerprint density at radius 3 is 2.50 bits per heavy atom. The molecular formula is C11H27IN4O3S. The molecule has 0 atom stereocenters. The predicted octanol–water partition coefficient (Wildman–Crippen LogP) is 0.263. The van der Waals surface area contributed by atoms with Gasteiger partial charge in [-0.25, -0.2) is 13.1 Å². The Morgan fingerprint density at radius 2 is 2.00 bits per heavy atom. The Morgan fingerprint density at radius 1 is 1.40 bits per heavy atom. The van der Waals surface area contributed by atoms with Crippen molar-refractivity contribution >= 4 is 40.0 Å². The molecule has 0 heterocycles. The number of rotatable bonds is 9. The van der Waals surface area contributed by atoms with Gasteiger partial charge in [-0.3, -0.25) is 4.99 Å². The van der Waals surface area contributed by atoms with Crippen LogP contribution in [-0.4, -0.2) is 52.5 Å². The molecule has 0 spiro atoms. The molecule has 4 N–H and O–H groups in total. The Bertz CT molecular complexity index is 385. The molecule has 20 heavy (non-hydrogen) atoms. The van der Waals surface area contributed by atoms with E-state index in [4.69, 9.17) is 10.5 Å². The summed E-state index contributed by atoms with van der Waals surface area (Å²) < 4.78 is 30.0. The largest absolute Gasteiger partial charge is 0.382 e. The fraction of sp³-hybridized carbons (Fsp3) is 0.909. The number of hydrogen-bond acceptors (Lipinski definition) is 4. The van der Waals surface area contributed by atoms with Crippen LogP contribution in [0.3, 0.4) is 0 Å². The molecule has 0 saturated carbocycles. The van der Waals surface area contributed by atoms with Crippen molar-refractivity contribution in [1.82, 2.24) is 10.0 Å². The van der Waals surface area contributed by atoms with Crippen molar-refractivity contribution < 1.29 is 13.2 Å². The van der Waals surface area contributed by atoms with E-state index in [2.05, 4.69) is 15.0 Å². The van der Waals surface area contributed by atoms with E-state index in [0.29, 0.717) is 25.7 Å². The average Bonchev–Trinajstić information content (AvgIpc) is 2.23. The van der Waals surface area contributed by atoms with Gasteiger partial charge in [0, 0.05) is 25.3 Å². The van der Waals surface area contributed by atoms with Crippen LogP contribution in [0.2, 0.25) is 0 Å². The van der Waals surface area contributed by atoms with Crippen LogP contribution in [-0.2, 0) is 14.8 Å². The molecular weight excluding hydrogens is 395 g/mol. The summed E-state index contributed by atoms with van der Waals surface area (Å²) in [7, 11) is -3.25. The summed E-state index contributed by atoms with van der Waals surface area (Å²) in [6, 6.07) is 0. The third kappa shape index (κ3) is 14.3. The normalized spacial score (nSPS) is 12.9. The summed E-state index contributed by atoms with van der Waals surface area (Å²) >= 11 is 0. The molecule has 0 unspecified atom stereocenters. The average molecular weight is 422 g/mol. The summed E-state index contributed by atoms with van der Waals surface area (Å²) in [6.07, 6.45) is 1.96. The molecule has 9 heteroatoms. The number of halogens is 1. The van der Waals surface area contributed by atoms with E-state index in [1.54, 1.807) is 13.8 Å². The monoisotopic (exact) mass is 422 g/mol. The van der Waals surface area contributed by atoms with E-state index < -0.39 is 15.6 Å². The topological polar surface area (TPSA) is 106 Å². The second kappa shape index (κ2) is 10.6. The van der Waals surface area contributed by atoms with Gasteiger partial charge in [0.2, 0.25) is 10.0 Å². The molecule has 0 aromatic carbocycles. The van der Waals surface area contributed by atoms with E-state index in [-0.39, 0.29) is 30.5 Å². The number of ether oxygens (including phenoxy) is 1. The summed E-state index contributed by atoms with van der Waals surface area (Å²) in [5.74, 6) is 0.305. The Labute approximate surface area is 139 Å². The number of aliphatic imine (C=N–C) groups is 1. The fourth-order valence-electron chi connectivity index (χ4n) is 1.41. The minimum atomic E-state index is -3.25. The molecule has 122 valence electrons. The second-order valence-corrected chi connectivity index (χ2v) is 6.69. The maximum absolute atomic E-state index is 11.1. The van der Waals surface area contributed by atoms with E-state index in [9.17, 15) is 8.42 Å². The lowest BCUT2D eigenvalue weighted by atomic mass is 10.1. The number of sulfonamides is 1. The highest BCUT2D eigenvalue weighted by Crippen LogP contribution is 2.03. The zero-order valence-electron chi connectivity index (χ0n) is 12.6. The van der Waals surface area contributed by atoms with E-state index in [1.807, 2.05) is 6.92 Å². The molecule has 0 aliphatic rings. The third-order valence-corrected chi connectivity index (χ3v) is 3.01. The van der Waals surface area contributed by atoms with Crippen LogP contribution in [0.1, 0.15) is 27.2 Å². The summed E-state index contributed by atoms with van der Waals surface area (Å²) in [5, 5.41) is 2.95. The lowest BCUT2D eigenvalue weighted by Crippen LogP contribution is -2.46. The first-order valence-electron chi connectivity index (χ1n) is 6.27. The van der Waals surface area contributed by atoms with Crippen molar-refractivity contribution in [3.8, 4) is 0 Å². The van der Waals surface area contributed by atoms with Gasteiger partial charge in [0.1, 0.15) is 0 Å². The molecule has 7 nitrogen and oxygen atoms in total. The van der Waals surface area contributed by atoms with Crippen LogP contribution >= 0.6 is 24.0 Å². The van der Waals surface area contributed by atoms with Crippen molar-refractivity contribution in [3.63, 3.8) is 0 Å². The first-order chi connectivity index (χ1) is 8.66. The molecule has 0 radical (unpaired) electrons. The smallest absolute Gasteiger partial charge is 0.209 e. The maximum atomic E-state index is 11.1. The van der Waals surface area contributed by atoms with Crippen molar-refractivity contribution in [2.75, 3.05) is 32.6 Å². The Balaban J connectivity index is 0. The molecule has 0 amide bonds. The molecule has 0 aliphatic carbocycles. The van der Waals surface area contributed by atoms with Gasteiger partial charge < -0.3 is 15.8 Å². The molecule has 0 rings (SSSR count). The number of nitrogens with one attached hydrogen (secondary N) is 2. The van der Waals surface area contributed by atoms with Crippen molar-refractivity contribution in [1.29, 1.82) is 0 Å². The highest BCUT2D eigenvalue weighted by molar-refractivity contribution is 14.0. The van der Waals surface area contributed by atoms with Gasteiger partial charge in [0.25, 0.3) is 0 Å². The minimum absolute atomic E-state index is 0. The predicted molar refractivity (Wildman–Crippen MR) is 93.1 cm³/mol. The van der Waals surface area contributed by atoms with E-state index in [0.717, 1.165) is 12.7 Å². The molecule has 0 fully saturated rings. The SMILES string of the molecule is CCOCCCNC(N)=NCC(C)(C)NS(C)(=O)=O.I. The van der Waals surface area contributed by atoms with Crippen LogP contribution in [0.15, 0.2) is 4.99 Å². The van der Waals surface area contributed by atoms with Crippen molar-refractivity contribution in [2.45, 2.75) is 32.7 Å². The Hall–Kier alpha value is -0.130. The van der Waals surface area contributed by atoms with Gasteiger partial charge in [-0.2, -0.15) is 0 Å². The number of hydrogen-bond donors (Lipinski definition) is 3. The highest BCUT2D eigenvalue weighted by atomic mass is 127. The lowest BCUT2D eigenvalue weighted by Gasteiger charge is -2.22. The summed E-state index contributed by atoms with van der Waals surface area (Å²) in [4.78, 5) is 4.11. The second-order valence-electron chi connectivity index (χ2n) is 4.94. The molecule has 0 aliphatic heterocycles. The first-order valence-corrected chi connectivity index (χ1v) is 8.16. The maximum Gasteiger partial charge on any atom is 0.209 e. The third-order valence-electron chi connectivity index (χ3n) is 2.08. The number of guanidine groups is 1.